The molecule has 2 saturated heterocycles. The lowest BCUT2D eigenvalue weighted by Crippen LogP contribution is -2.47. The van der Waals surface area contributed by atoms with E-state index in [1.165, 1.54) is 0 Å². The molecule has 2 aliphatic rings. The number of carbonyl (C=O) groups is 1. The van der Waals surface area contributed by atoms with E-state index in [2.05, 4.69) is 15.0 Å². The van der Waals surface area contributed by atoms with Crippen LogP contribution >= 0.6 is 0 Å². The third-order valence-electron chi connectivity index (χ3n) is 5.24. The fourth-order valence-electron chi connectivity index (χ4n) is 3.77. The number of morpholine rings is 1. The number of hydrogen-bond donors (Lipinski definition) is 0. The molecule has 0 atom stereocenters. The van der Waals surface area contributed by atoms with Crippen LogP contribution in [0.3, 0.4) is 0 Å². The van der Waals surface area contributed by atoms with E-state index in [0.717, 1.165) is 56.0 Å². The standard InChI is InChI=1S/C19H25N5O2/c1-15-12-21-24(14-15)17-2-5-20-13-18(17)22-6-3-16(4-7-22)19(25)23-8-10-26-11-9-23/h2,5,12-14,16H,3-4,6-11H2,1H3. The second-order valence-corrected chi connectivity index (χ2v) is 7.03. The van der Waals surface area contributed by atoms with Crippen LogP contribution in [0.1, 0.15) is 18.4 Å². The van der Waals surface area contributed by atoms with Gasteiger partial charge >= 0.3 is 0 Å². The van der Waals surface area contributed by atoms with Crippen molar-refractivity contribution in [2.24, 2.45) is 5.92 Å². The predicted molar refractivity (Wildman–Crippen MR) is 98.4 cm³/mol. The monoisotopic (exact) mass is 355 g/mol. The highest BCUT2D eigenvalue weighted by molar-refractivity contribution is 5.79. The van der Waals surface area contributed by atoms with Gasteiger partial charge in [-0.3, -0.25) is 9.78 Å². The van der Waals surface area contributed by atoms with E-state index >= 15 is 0 Å². The van der Waals surface area contributed by atoms with Crippen LogP contribution in [-0.2, 0) is 9.53 Å². The SMILES string of the molecule is Cc1cnn(-c2ccncc2N2CCC(C(=O)N3CCOCC3)CC2)c1. The Labute approximate surface area is 153 Å². The molecule has 0 aliphatic carbocycles. The first-order valence-corrected chi connectivity index (χ1v) is 9.29. The number of piperidine rings is 1. The lowest BCUT2D eigenvalue weighted by atomic mass is 9.94. The largest absolute Gasteiger partial charge is 0.378 e. The van der Waals surface area contributed by atoms with Crippen molar-refractivity contribution in [3.63, 3.8) is 0 Å². The molecule has 7 nitrogen and oxygen atoms in total. The van der Waals surface area contributed by atoms with Gasteiger partial charge in [-0.2, -0.15) is 5.10 Å². The topological polar surface area (TPSA) is 63.5 Å². The number of ether oxygens (including phenoxy) is 1. The maximum Gasteiger partial charge on any atom is 0.225 e. The molecule has 7 heteroatoms. The summed E-state index contributed by atoms with van der Waals surface area (Å²) in [5.41, 5.74) is 3.24. The van der Waals surface area contributed by atoms with E-state index in [4.69, 9.17) is 4.74 Å². The summed E-state index contributed by atoms with van der Waals surface area (Å²) in [4.78, 5) is 21.3. The first kappa shape index (κ1) is 17.0. The van der Waals surface area contributed by atoms with Crippen molar-refractivity contribution in [3.8, 4) is 5.69 Å². The van der Waals surface area contributed by atoms with E-state index in [-0.39, 0.29) is 5.92 Å². The summed E-state index contributed by atoms with van der Waals surface area (Å²) < 4.78 is 7.25. The molecule has 0 N–H and O–H groups in total. The van der Waals surface area contributed by atoms with Crippen molar-refractivity contribution < 1.29 is 9.53 Å². The lowest BCUT2D eigenvalue weighted by Gasteiger charge is -2.36. The number of amides is 1. The third-order valence-corrected chi connectivity index (χ3v) is 5.24. The average Bonchev–Trinajstić information content (AvgIpc) is 3.14. The summed E-state index contributed by atoms with van der Waals surface area (Å²) in [5, 5.41) is 4.44. The van der Waals surface area contributed by atoms with Gasteiger partial charge in [-0.25, -0.2) is 4.68 Å². The van der Waals surface area contributed by atoms with Crippen LogP contribution in [0.2, 0.25) is 0 Å². The summed E-state index contributed by atoms with van der Waals surface area (Å²) in [5.74, 6) is 0.415. The third kappa shape index (κ3) is 3.44. The number of nitrogens with zero attached hydrogens (tertiary/aromatic N) is 5. The zero-order valence-electron chi connectivity index (χ0n) is 15.2. The molecule has 4 rings (SSSR count). The number of anilines is 1. The van der Waals surface area contributed by atoms with Crippen LogP contribution in [-0.4, -0.2) is 65.0 Å². The van der Waals surface area contributed by atoms with Crippen molar-refractivity contribution in [1.82, 2.24) is 19.7 Å². The summed E-state index contributed by atoms with van der Waals surface area (Å²) in [6.45, 7) is 6.53. The Morgan fingerprint density at radius 1 is 1.12 bits per heavy atom. The van der Waals surface area contributed by atoms with Crippen molar-refractivity contribution in [1.29, 1.82) is 0 Å². The van der Waals surface area contributed by atoms with Gasteiger partial charge < -0.3 is 14.5 Å². The summed E-state index contributed by atoms with van der Waals surface area (Å²) >= 11 is 0. The molecule has 2 aromatic rings. The highest BCUT2D eigenvalue weighted by Crippen LogP contribution is 2.28. The molecule has 0 unspecified atom stereocenters. The van der Waals surface area contributed by atoms with Crippen LogP contribution in [0.15, 0.2) is 30.9 Å². The number of rotatable bonds is 3. The molecular formula is C19H25N5O2. The molecule has 0 saturated carbocycles. The molecule has 0 bridgehead atoms. The molecule has 1 amide bonds. The molecule has 26 heavy (non-hydrogen) atoms. The molecule has 138 valence electrons. The van der Waals surface area contributed by atoms with Gasteiger partial charge in [0, 0.05) is 44.5 Å². The molecule has 2 aromatic heterocycles. The predicted octanol–water partition coefficient (Wildman–Crippen LogP) is 1.65. The Bertz CT molecular complexity index is 761. The Kier molecular flexibility index (Phi) is 4.88. The Morgan fingerprint density at radius 2 is 1.88 bits per heavy atom. The number of aryl methyl sites for hydroxylation is 1. The Hall–Kier alpha value is -2.41. The first-order valence-electron chi connectivity index (χ1n) is 9.29. The van der Waals surface area contributed by atoms with Gasteiger partial charge in [0.1, 0.15) is 0 Å². The van der Waals surface area contributed by atoms with Crippen LogP contribution in [0, 0.1) is 12.8 Å². The minimum absolute atomic E-state index is 0.122. The van der Waals surface area contributed by atoms with E-state index < -0.39 is 0 Å². The fourth-order valence-corrected chi connectivity index (χ4v) is 3.77. The lowest BCUT2D eigenvalue weighted by molar-refractivity contribution is -0.140. The quantitative estimate of drug-likeness (QED) is 0.838. The number of aromatic nitrogens is 3. The van der Waals surface area contributed by atoms with Crippen molar-refractivity contribution >= 4 is 11.6 Å². The molecule has 0 radical (unpaired) electrons. The van der Waals surface area contributed by atoms with Gasteiger partial charge in [0.05, 0.1) is 37.0 Å². The second-order valence-electron chi connectivity index (χ2n) is 7.03. The number of hydrogen-bond acceptors (Lipinski definition) is 5. The minimum Gasteiger partial charge on any atom is -0.378 e. The number of carbonyl (C=O) groups excluding carboxylic acids is 1. The normalized spacial score (nSPS) is 19.0. The van der Waals surface area contributed by atoms with Crippen molar-refractivity contribution in [2.75, 3.05) is 44.3 Å². The van der Waals surface area contributed by atoms with Gasteiger partial charge in [0.25, 0.3) is 0 Å². The van der Waals surface area contributed by atoms with E-state index in [9.17, 15) is 4.79 Å². The van der Waals surface area contributed by atoms with Gasteiger partial charge in [-0.1, -0.05) is 0 Å². The molecule has 4 heterocycles. The zero-order valence-corrected chi connectivity index (χ0v) is 15.2. The van der Waals surface area contributed by atoms with Crippen LogP contribution in [0.4, 0.5) is 5.69 Å². The van der Waals surface area contributed by atoms with Gasteiger partial charge in [-0.05, 0) is 31.4 Å². The Morgan fingerprint density at radius 3 is 2.58 bits per heavy atom. The van der Waals surface area contributed by atoms with E-state index in [1.54, 1.807) is 6.20 Å². The summed E-state index contributed by atoms with van der Waals surface area (Å²) in [6, 6.07) is 1.99. The van der Waals surface area contributed by atoms with Crippen LogP contribution in [0.5, 0.6) is 0 Å². The molecule has 0 spiro atoms. The van der Waals surface area contributed by atoms with Crippen molar-refractivity contribution in [2.45, 2.75) is 19.8 Å². The maximum absolute atomic E-state index is 12.7. The zero-order chi connectivity index (χ0) is 17.9. The average molecular weight is 355 g/mol. The Balaban J connectivity index is 1.44. The highest BCUT2D eigenvalue weighted by Gasteiger charge is 2.30. The maximum atomic E-state index is 12.7. The highest BCUT2D eigenvalue weighted by atomic mass is 16.5. The summed E-state index contributed by atoms with van der Waals surface area (Å²) in [7, 11) is 0. The molecule has 2 fully saturated rings. The fraction of sp³-hybridized carbons (Fsp3) is 0.526. The smallest absolute Gasteiger partial charge is 0.225 e. The van der Waals surface area contributed by atoms with Crippen LogP contribution < -0.4 is 4.90 Å². The van der Waals surface area contributed by atoms with Gasteiger partial charge in [-0.15, -0.1) is 0 Å². The van der Waals surface area contributed by atoms with Crippen molar-refractivity contribution in [3.05, 3.63) is 36.4 Å². The summed E-state index contributed by atoms with van der Waals surface area (Å²) in [6.07, 6.45) is 9.33. The van der Waals surface area contributed by atoms with E-state index in [0.29, 0.717) is 19.1 Å². The molecule has 0 aromatic carbocycles. The van der Waals surface area contributed by atoms with E-state index in [1.807, 2.05) is 41.2 Å². The van der Waals surface area contributed by atoms with Gasteiger partial charge in [0.2, 0.25) is 5.91 Å². The minimum atomic E-state index is 0.122. The second kappa shape index (κ2) is 7.45. The van der Waals surface area contributed by atoms with Gasteiger partial charge in [0.15, 0.2) is 0 Å². The molecule has 2 aliphatic heterocycles. The first-order chi connectivity index (χ1) is 12.7. The van der Waals surface area contributed by atoms with Crippen LogP contribution in [0.25, 0.3) is 5.69 Å². The number of pyridine rings is 1. The molecular weight excluding hydrogens is 330 g/mol.